The Labute approximate surface area is 94.9 Å². The molecule has 3 nitrogen and oxygen atoms in total. The molecule has 1 atom stereocenters. The molecule has 0 amide bonds. The number of thioether (sulfide) groups is 1. The van der Waals surface area contributed by atoms with Gasteiger partial charge in [0.15, 0.2) is 5.16 Å². The van der Waals surface area contributed by atoms with Crippen LogP contribution in [-0.2, 0) is 4.79 Å². The van der Waals surface area contributed by atoms with Crippen molar-refractivity contribution < 1.29 is 4.79 Å². The zero-order valence-corrected chi connectivity index (χ0v) is 10.3. The highest BCUT2D eigenvalue weighted by Crippen LogP contribution is 2.23. The maximum absolute atomic E-state index is 11.1. The zero-order valence-electron chi connectivity index (χ0n) is 7.32. The highest BCUT2D eigenvalue weighted by atomic mass is 127. The first-order chi connectivity index (χ1) is 6.15. The van der Waals surface area contributed by atoms with Crippen molar-refractivity contribution in [3.63, 3.8) is 0 Å². The van der Waals surface area contributed by atoms with Crippen LogP contribution in [0.2, 0.25) is 0 Å². The minimum Gasteiger partial charge on any atom is -0.298 e. The number of carbonyl (C=O) groups excluding carboxylic acids is 1. The van der Waals surface area contributed by atoms with E-state index in [0.29, 0.717) is 5.16 Å². The fraction of sp³-hybridized carbons (Fsp3) is 0.375. The van der Waals surface area contributed by atoms with Gasteiger partial charge in [-0.15, -0.1) is 0 Å². The van der Waals surface area contributed by atoms with E-state index in [9.17, 15) is 4.79 Å². The number of aromatic nitrogens is 2. The van der Waals surface area contributed by atoms with Gasteiger partial charge >= 0.3 is 0 Å². The molecule has 1 rings (SSSR count). The highest BCUT2D eigenvalue weighted by Gasteiger charge is 2.14. The largest absolute Gasteiger partial charge is 0.298 e. The third-order valence-electron chi connectivity index (χ3n) is 1.45. The fourth-order valence-corrected chi connectivity index (χ4v) is 1.51. The Kier molecular flexibility index (Phi) is 4.11. The Morgan fingerprint density at radius 1 is 1.69 bits per heavy atom. The summed E-state index contributed by atoms with van der Waals surface area (Å²) in [5.74, 6) is 0.117. The lowest BCUT2D eigenvalue weighted by Crippen LogP contribution is -2.04. The molecule has 0 aliphatic rings. The molecule has 1 unspecified atom stereocenters. The number of rotatable bonds is 3. The van der Waals surface area contributed by atoms with Gasteiger partial charge in [-0.25, -0.2) is 9.97 Å². The van der Waals surface area contributed by atoms with Crippen LogP contribution in [0, 0.1) is 0 Å². The Morgan fingerprint density at radius 3 is 2.92 bits per heavy atom. The molecule has 0 saturated heterocycles. The molecule has 70 valence electrons. The van der Waals surface area contributed by atoms with Crippen molar-refractivity contribution in [3.05, 3.63) is 18.0 Å². The second kappa shape index (κ2) is 4.90. The van der Waals surface area contributed by atoms with Crippen molar-refractivity contribution in [2.75, 3.05) is 6.26 Å². The Bertz CT molecular complexity index is 319. The number of carbonyl (C=O) groups is 1. The zero-order chi connectivity index (χ0) is 9.84. The first-order valence-electron chi connectivity index (χ1n) is 3.66. The first kappa shape index (κ1) is 10.9. The smallest absolute Gasteiger partial charge is 0.187 e. The lowest BCUT2D eigenvalue weighted by Gasteiger charge is -2.05. The van der Waals surface area contributed by atoms with Gasteiger partial charge in [-0.3, -0.25) is 4.79 Å². The third-order valence-corrected chi connectivity index (χ3v) is 3.53. The van der Waals surface area contributed by atoms with E-state index >= 15 is 0 Å². The molecule has 0 fully saturated rings. The lowest BCUT2D eigenvalue weighted by atomic mass is 10.2. The molecular formula is C8H9IN2OS. The molecule has 13 heavy (non-hydrogen) atoms. The van der Waals surface area contributed by atoms with Gasteiger partial charge in [-0.05, 0) is 19.2 Å². The van der Waals surface area contributed by atoms with Crippen LogP contribution in [0.1, 0.15) is 16.5 Å². The van der Waals surface area contributed by atoms with Gasteiger partial charge in [-0.2, -0.15) is 0 Å². The summed E-state index contributed by atoms with van der Waals surface area (Å²) in [7, 11) is 0. The van der Waals surface area contributed by atoms with E-state index in [1.165, 1.54) is 11.8 Å². The van der Waals surface area contributed by atoms with Gasteiger partial charge in [0, 0.05) is 6.20 Å². The molecular weight excluding hydrogens is 299 g/mol. The number of ketones is 1. The number of Topliss-reactive ketones (excluding diaryl/α,β-unsaturated/α-hetero) is 1. The van der Waals surface area contributed by atoms with Crippen LogP contribution in [0.25, 0.3) is 0 Å². The van der Waals surface area contributed by atoms with Gasteiger partial charge < -0.3 is 0 Å². The SMILES string of the molecule is CSc1nccc(C(I)C(C)=O)n1. The number of halogens is 1. The van der Waals surface area contributed by atoms with Gasteiger partial charge in [0.2, 0.25) is 0 Å². The number of nitrogens with zero attached hydrogens (tertiary/aromatic N) is 2. The monoisotopic (exact) mass is 308 g/mol. The van der Waals surface area contributed by atoms with E-state index in [1.54, 1.807) is 19.2 Å². The highest BCUT2D eigenvalue weighted by molar-refractivity contribution is 14.1. The number of hydrogen-bond donors (Lipinski definition) is 0. The van der Waals surface area contributed by atoms with Crippen LogP contribution in [0.3, 0.4) is 0 Å². The molecule has 0 saturated carbocycles. The van der Waals surface area contributed by atoms with Crippen LogP contribution in [-0.4, -0.2) is 22.0 Å². The van der Waals surface area contributed by atoms with Crippen LogP contribution in [0.5, 0.6) is 0 Å². The second-order valence-corrected chi connectivity index (χ2v) is 4.46. The number of alkyl halides is 1. The van der Waals surface area contributed by atoms with Crippen molar-refractivity contribution in [1.29, 1.82) is 0 Å². The molecule has 5 heteroatoms. The standard InChI is InChI=1S/C8H9IN2OS/c1-5(12)7(9)6-3-4-10-8(11-6)13-2/h3-4,7H,1-2H3. The minimum atomic E-state index is -0.161. The third kappa shape index (κ3) is 2.91. The van der Waals surface area contributed by atoms with Crippen molar-refractivity contribution in [3.8, 4) is 0 Å². The van der Waals surface area contributed by atoms with E-state index in [0.717, 1.165) is 5.69 Å². The van der Waals surface area contributed by atoms with E-state index < -0.39 is 0 Å². The average molecular weight is 308 g/mol. The van der Waals surface area contributed by atoms with Crippen LogP contribution >= 0.6 is 34.4 Å². The minimum absolute atomic E-state index is 0.117. The number of hydrogen-bond acceptors (Lipinski definition) is 4. The van der Waals surface area contributed by atoms with Gasteiger partial charge in [0.25, 0.3) is 0 Å². The van der Waals surface area contributed by atoms with Crippen LogP contribution in [0.4, 0.5) is 0 Å². The first-order valence-corrected chi connectivity index (χ1v) is 6.13. The van der Waals surface area contributed by atoms with Gasteiger partial charge in [-0.1, -0.05) is 34.4 Å². The van der Waals surface area contributed by atoms with E-state index in [-0.39, 0.29) is 9.71 Å². The van der Waals surface area contributed by atoms with Crippen LogP contribution in [0.15, 0.2) is 17.4 Å². The van der Waals surface area contributed by atoms with Gasteiger partial charge in [0.1, 0.15) is 9.71 Å². The topological polar surface area (TPSA) is 42.9 Å². The van der Waals surface area contributed by atoms with Crippen molar-refractivity contribution >= 4 is 40.1 Å². The molecule has 1 aromatic heterocycles. The van der Waals surface area contributed by atoms with E-state index in [1.807, 2.05) is 6.26 Å². The van der Waals surface area contributed by atoms with Gasteiger partial charge in [0.05, 0.1) is 5.69 Å². The normalized spacial score (nSPS) is 12.5. The van der Waals surface area contributed by atoms with Crippen molar-refractivity contribution in [2.45, 2.75) is 16.0 Å². The Morgan fingerprint density at radius 2 is 2.38 bits per heavy atom. The second-order valence-electron chi connectivity index (χ2n) is 2.44. The summed E-state index contributed by atoms with van der Waals surface area (Å²) in [6, 6.07) is 1.78. The summed E-state index contributed by atoms with van der Waals surface area (Å²) in [6.07, 6.45) is 3.60. The fourth-order valence-electron chi connectivity index (χ4n) is 0.802. The lowest BCUT2D eigenvalue weighted by molar-refractivity contribution is -0.116. The Balaban J connectivity index is 2.94. The predicted octanol–water partition coefficient (Wildman–Crippen LogP) is 2.26. The quantitative estimate of drug-likeness (QED) is 0.372. The summed E-state index contributed by atoms with van der Waals surface area (Å²) < 4.78 is -0.161. The summed E-state index contributed by atoms with van der Waals surface area (Å²) in [4.78, 5) is 19.3. The summed E-state index contributed by atoms with van der Waals surface area (Å²) in [5, 5.41) is 0.709. The van der Waals surface area contributed by atoms with E-state index in [4.69, 9.17) is 0 Å². The molecule has 0 bridgehead atoms. The molecule has 1 aromatic rings. The predicted molar refractivity (Wildman–Crippen MR) is 61.3 cm³/mol. The summed E-state index contributed by atoms with van der Waals surface area (Å²) >= 11 is 3.56. The maximum atomic E-state index is 11.1. The summed E-state index contributed by atoms with van der Waals surface area (Å²) in [5.41, 5.74) is 0.785. The van der Waals surface area contributed by atoms with Crippen molar-refractivity contribution in [2.24, 2.45) is 0 Å². The molecule has 0 aliphatic heterocycles. The average Bonchev–Trinajstić information content (AvgIpc) is 2.16. The molecule has 0 spiro atoms. The molecule has 0 radical (unpaired) electrons. The molecule has 1 heterocycles. The van der Waals surface area contributed by atoms with E-state index in [2.05, 4.69) is 32.6 Å². The Hall–Kier alpha value is -0.170. The maximum Gasteiger partial charge on any atom is 0.187 e. The molecule has 0 aliphatic carbocycles. The van der Waals surface area contributed by atoms with Crippen LogP contribution < -0.4 is 0 Å². The van der Waals surface area contributed by atoms with Crippen molar-refractivity contribution in [1.82, 2.24) is 9.97 Å². The molecule has 0 N–H and O–H groups in total. The summed E-state index contributed by atoms with van der Waals surface area (Å²) in [6.45, 7) is 1.57. The molecule has 0 aromatic carbocycles.